The third-order valence-corrected chi connectivity index (χ3v) is 10.4. The second kappa shape index (κ2) is 8.60. The Balaban J connectivity index is 2.00. The van der Waals surface area contributed by atoms with Crippen LogP contribution in [-0.4, -0.2) is 33.2 Å². The minimum atomic E-state index is -3.22. The van der Waals surface area contributed by atoms with E-state index in [9.17, 15) is 9.67 Å². The van der Waals surface area contributed by atoms with Crippen LogP contribution in [0.25, 0.3) is 0 Å². The molecule has 1 N–H and O–H groups in total. The molecular formula is C23H38NO3P. The molecule has 1 saturated heterocycles. The largest absolute Gasteiger partial charge is 0.392 e. The summed E-state index contributed by atoms with van der Waals surface area (Å²) in [6.45, 7) is 11.3. The fraction of sp³-hybridized carbons (Fsp3) is 0.739. The molecule has 5 heteroatoms. The average molecular weight is 408 g/mol. The van der Waals surface area contributed by atoms with Crippen molar-refractivity contribution in [3.63, 3.8) is 0 Å². The zero-order valence-corrected chi connectivity index (χ0v) is 19.1. The molecule has 1 saturated carbocycles. The van der Waals surface area contributed by atoms with Crippen molar-refractivity contribution < 1.29 is 14.2 Å². The average Bonchev–Trinajstić information content (AvgIpc) is 2.65. The maximum Gasteiger partial charge on any atom is 0.278 e. The van der Waals surface area contributed by atoms with Gasteiger partial charge < -0.3 is 9.63 Å². The molecule has 2 aliphatic rings. The molecule has 6 atom stereocenters. The molecule has 1 aromatic carbocycles. The lowest BCUT2D eigenvalue weighted by atomic mass is 9.71. The standard InChI is InChI=1S/C23H38NO3P/c1-6-10-21(25)18(3)28(26)24(16-19-11-8-7-9-12-19)23(4,5)20-14-13-17(2)15-22(20)27-28/h7-9,11-12,17-18,20-22,25H,6,10,13-16H2,1-5H3/t17-,18+,20-,21+,22-,28+/m1/s1. The van der Waals surface area contributed by atoms with Gasteiger partial charge in [0, 0.05) is 18.0 Å². The Bertz CT molecular complexity index is 692. The van der Waals surface area contributed by atoms with Gasteiger partial charge in [-0.25, -0.2) is 4.67 Å². The fourth-order valence-electron chi connectivity index (χ4n) is 5.18. The fourth-order valence-corrected chi connectivity index (χ4v) is 8.36. The number of aliphatic hydroxyl groups is 1. The normalized spacial score (nSPS) is 35.1. The summed E-state index contributed by atoms with van der Waals surface area (Å²) in [6.07, 6.45) is 4.21. The van der Waals surface area contributed by atoms with Crippen molar-refractivity contribution in [2.45, 2.75) is 96.7 Å². The monoisotopic (exact) mass is 407 g/mol. The van der Waals surface area contributed by atoms with Crippen molar-refractivity contribution >= 4 is 7.52 Å². The predicted octanol–water partition coefficient (Wildman–Crippen LogP) is 5.84. The summed E-state index contributed by atoms with van der Waals surface area (Å²) in [5, 5.41) is 10.8. The third kappa shape index (κ3) is 4.12. The van der Waals surface area contributed by atoms with Crippen LogP contribution in [0, 0.1) is 11.8 Å². The van der Waals surface area contributed by atoms with Gasteiger partial charge in [0.2, 0.25) is 0 Å². The van der Waals surface area contributed by atoms with E-state index in [1.165, 1.54) is 6.42 Å². The number of fused-ring (bicyclic) bond motifs is 1. The third-order valence-electron chi connectivity index (χ3n) is 7.08. The van der Waals surface area contributed by atoms with Gasteiger partial charge in [-0.1, -0.05) is 57.0 Å². The van der Waals surface area contributed by atoms with E-state index in [2.05, 4.69) is 44.5 Å². The molecular weight excluding hydrogens is 369 g/mol. The second-order valence-corrected chi connectivity index (χ2v) is 12.2. The number of benzene rings is 1. The van der Waals surface area contributed by atoms with Gasteiger partial charge in [0.1, 0.15) is 0 Å². The summed E-state index contributed by atoms with van der Waals surface area (Å²) in [6, 6.07) is 10.2. The van der Waals surface area contributed by atoms with Crippen LogP contribution < -0.4 is 0 Å². The Labute approximate surface area is 171 Å². The van der Waals surface area contributed by atoms with Gasteiger partial charge >= 0.3 is 0 Å². The molecule has 1 aliphatic carbocycles. The summed E-state index contributed by atoms with van der Waals surface area (Å²) in [4.78, 5) is 0. The van der Waals surface area contributed by atoms with E-state index >= 15 is 0 Å². The van der Waals surface area contributed by atoms with Crippen molar-refractivity contribution in [2.24, 2.45) is 11.8 Å². The van der Waals surface area contributed by atoms with E-state index in [1.807, 2.05) is 25.1 Å². The molecule has 0 unspecified atom stereocenters. The first-order valence-electron chi connectivity index (χ1n) is 11.0. The van der Waals surface area contributed by atoms with Gasteiger partial charge in [-0.05, 0) is 51.5 Å². The molecule has 2 fully saturated rings. The lowest BCUT2D eigenvalue weighted by Gasteiger charge is -2.58. The molecule has 28 heavy (non-hydrogen) atoms. The van der Waals surface area contributed by atoms with Crippen LogP contribution >= 0.6 is 7.52 Å². The van der Waals surface area contributed by atoms with E-state index in [-0.39, 0.29) is 11.6 Å². The van der Waals surface area contributed by atoms with Gasteiger partial charge in [0.05, 0.1) is 17.9 Å². The smallest absolute Gasteiger partial charge is 0.278 e. The minimum absolute atomic E-state index is 0.0212. The van der Waals surface area contributed by atoms with Gasteiger partial charge in [0.15, 0.2) is 0 Å². The summed E-state index contributed by atoms with van der Waals surface area (Å²) in [5.41, 5.74) is 0.502. The second-order valence-electron chi connectivity index (χ2n) is 9.53. The van der Waals surface area contributed by atoms with Crippen molar-refractivity contribution in [1.29, 1.82) is 0 Å². The van der Waals surface area contributed by atoms with Crippen molar-refractivity contribution in [3.05, 3.63) is 35.9 Å². The van der Waals surface area contributed by atoms with Gasteiger partial charge in [0.25, 0.3) is 7.52 Å². The summed E-state index contributed by atoms with van der Waals surface area (Å²) >= 11 is 0. The Kier molecular flexibility index (Phi) is 6.76. The lowest BCUT2D eigenvalue weighted by Crippen LogP contribution is -2.59. The molecule has 3 rings (SSSR count). The molecule has 0 aromatic heterocycles. The number of aliphatic hydroxyl groups excluding tert-OH is 1. The molecule has 1 aliphatic heterocycles. The van der Waals surface area contributed by atoms with Gasteiger partial charge in [-0.2, -0.15) is 0 Å². The summed E-state index contributed by atoms with van der Waals surface area (Å²) in [7, 11) is -3.22. The highest BCUT2D eigenvalue weighted by Crippen LogP contribution is 2.67. The molecule has 0 bridgehead atoms. The molecule has 0 amide bonds. The summed E-state index contributed by atoms with van der Waals surface area (Å²) in [5.74, 6) is 0.965. The maximum atomic E-state index is 14.5. The van der Waals surface area contributed by atoms with Crippen LogP contribution in [0.4, 0.5) is 0 Å². The van der Waals surface area contributed by atoms with Gasteiger partial charge in [-0.3, -0.25) is 4.57 Å². The van der Waals surface area contributed by atoms with E-state index < -0.39 is 19.3 Å². The molecule has 4 nitrogen and oxygen atoms in total. The molecule has 0 spiro atoms. The van der Waals surface area contributed by atoms with E-state index in [0.717, 1.165) is 24.8 Å². The van der Waals surface area contributed by atoms with Crippen molar-refractivity contribution in [1.82, 2.24) is 4.67 Å². The highest BCUT2D eigenvalue weighted by atomic mass is 31.2. The van der Waals surface area contributed by atoms with Crippen LogP contribution in [0.2, 0.25) is 0 Å². The molecule has 1 aromatic rings. The number of hydrogen-bond acceptors (Lipinski definition) is 3. The van der Waals surface area contributed by atoms with E-state index in [0.29, 0.717) is 24.8 Å². The van der Waals surface area contributed by atoms with E-state index in [1.54, 1.807) is 0 Å². The lowest BCUT2D eigenvalue weighted by molar-refractivity contribution is -0.0547. The number of rotatable bonds is 6. The topological polar surface area (TPSA) is 49.8 Å². The zero-order chi connectivity index (χ0) is 20.5. The molecule has 158 valence electrons. The number of hydrogen-bond donors (Lipinski definition) is 1. The maximum absolute atomic E-state index is 14.5. The van der Waals surface area contributed by atoms with E-state index in [4.69, 9.17) is 4.52 Å². The Morgan fingerprint density at radius 1 is 1.29 bits per heavy atom. The predicted molar refractivity (Wildman–Crippen MR) is 115 cm³/mol. The first-order valence-corrected chi connectivity index (χ1v) is 12.6. The first-order chi connectivity index (χ1) is 13.2. The van der Waals surface area contributed by atoms with Crippen LogP contribution in [-0.2, 0) is 15.6 Å². The minimum Gasteiger partial charge on any atom is -0.392 e. The highest BCUT2D eigenvalue weighted by Gasteiger charge is 2.58. The van der Waals surface area contributed by atoms with Crippen LogP contribution in [0.5, 0.6) is 0 Å². The quantitative estimate of drug-likeness (QED) is 0.602. The Morgan fingerprint density at radius 3 is 2.61 bits per heavy atom. The van der Waals surface area contributed by atoms with Crippen molar-refractivity contribution in [2.75, 3.05) is 0 Å². The zero-order valence-electron chi connectivity index (χ0n) is 18.2. The Hall–Kier alpha value is -0.670. The van der Waals surface area contributed by atoms with Crippen LogP contribution in [0.3, 0.4) is 0 Å². The van der Waals surface area contributed by atoms with Crippen LogP contribution in [0.1, 0.15) is 72.3 Å². The van der Waals surface area contributed by atoms with Crippen molar-refractivity contribution in [3.8, 4) is 0 Å². The molecule has 0 radical (unpaired) electrons. The highest BCUT2D eigenvalue weighted by molar-refractivity contribution is 7.57. The first kappa shape index (κ1) is 22.0. The van der Waals surface area contributed by atoms with Crippen LogP contribution in [0.15, 0.2) is 30.3 Å². The summed E-state index contributed by atoms with van der Waals surface area (Å²) < 4.78 is 23.1. The number of nitrogens with zero attached hydrogens (tertiary/aromatic N) is 1. The Morgan fingerprint density at radius 2 is 1.96 bits per heavy atom. The SMILES string of the molecule is CCC[C@H](O)[C@H](C)[P@]1(=O)O[C@@H]2C[C@H](C)CC[C@H]2C(C)(C)N1Cc1ccccc1. The van der Waals surface area contributed by atoms with Gasteiger partial charge in [-0.15, -0.1) is 0 Å². The molecule has 1 heterocycles.